The third-order valence-corrected chi connectivity index (χ3v) is 2.70. The monoisotopic (exact) mass is 245 g/mol. The number of rotatable bonds is 1. The zero-order chi connectivity index (χ0) is 14.0. The van der Waals surface area contributed by atoms with Crippen LogP contribution in [0.4, 0.5) is 0 Å². The summed E-state index contributed by atoms with van der Waals surface area (Å²) >= 11 is 0. The highest BCUT2D eigenvalue weighted by atomic mass is 15.1. The molecule has 100 valence electrons. The van der Waals surface area contributed by atoms with E-state index in [0.29, 0.717) is 6.04 Å². The van der Waals surface area contributed by atoms with E-state index in [0.717, 1.165) is 0 Å². The van der Waals surface area contributed by atoms with Crippen LogP contribution >= 0.6 is 0 Å². The molecule has 0 aliphatic carbocycles. The highest BCUT2D eigenvalue weighted by Gasteiger charge is 2.13. The molecule has 1 atom stereocenters. The van der Waals surface area contributed by atoms with E-state index in [1.54, 1.807) is 0 Å². The Kier molecular flexibility index (Phi) is 8.73. The summed E-state index contributed by atoms with van der Waals surface area (Å²) in [5.74, 6) is 0. The molecular formula is C17H27N. The number of likely N-dealkylation sites (N-methyl/N-ethyl adjacent to an activating group) is 1. The largest absolute Gasteiger partial charge is 0.368 e. The fourth-order valence-corrected chi connectivity index (χ4v) is 1.68. The summed E-state index contributed by atoms with van der Waals surface area (Å²) in [6, 6.07) is 11.0. The van der Waals surface area contributed by atoms with Crippen molar-refractivity contribution in [2.45, 2.75) is 40.7 Å². The molecule has 1 aromatic rings. The first-order valence-corrected chi connectivity index (χ1v) is 6.96. The molecule has 0 amide bonds. The van der Waals surface area contributed by atoms with Crippen molar-refractivity contribution in [1.82, 2.24) is 4.90 Å². The zero-order valence-corrected chi connectivity index (χ0v) is 12.6. The standard InChI is InChI=1S/C13H15N.2C2H6/c1-11-7-6-10-13(14(11)2)12-8-4-3-5-9-12;2*1-2/h3-11H,1-2H3;2*1-2H3. The second kappa shape index (κ2) is 9.52. The third-order valence-electron chi connectivity index (χ3n) is 2.70. The summed E-state index contributed by atoms with van der Waals surface area (Å²) in [5.41, 5.74) is 2.58. The molecule has 0 N–H and O–H groups in total. The Bertz CT molecular complexity index is 362. The maximum absolute atomic E-state index is 2.29. The molecule has 1 aromatic carbocycles. The van der Waals surface area contributed by atoms with Crippen LogP contribution < -0.4 is 0 Å². The molecule has 1 heterocycles. The fourth-order valence-electron chi connectivity index (χ4n) is 1.68. The van der Waals surface area contributed by atoms with Gasteiger partial charge in [-0.05, 0) is 18.6 Å². The Hall–Kier alpha value is -1.50. The molecular weight excluding hydrogens is 218 g/mol. The van der Waals surface area contributed by atoms with Crippen LogP contribution in [0.3, 0.4) is 0 Å². The number of hydrogen-bond acceptors (Lipinski definition) is 1. The average Bonchev–Trinajstić information content (AvgIpc) is 2.47. The number of benzene rings is 1. The summed E-state index contributed by atoms with van der Waals surface area (Å²) in [6.45, 7) is 10.2. The molecule has 1 aliphatic heterocycles. The second-order valence-corrected chi connectivity index (χ2v) is 3.65. The van der Waals surface area contributed by atoms with E-state index in [2.05, 4.69) is 61.4 Å². The van der Waals surface area contributed by atoms with E-state index in [1.807, 2.05) is 33.8 Å². The molecule has 2 rings (SSSR count). The molecule has 0 fully saturated rings. The van der Waals surface area contributed by atoms with Crippen molar-refractivity contribution >= 4 is 5.70 Å². The highest BCUT2D eigenvalue weighted by molar-refractivity contribution is 5.67. The van der Waals surface area contributed by atoms with E-state index >= 15 is 0 Å². The summed E-state index contributed by atoms with van der Waals surface area (Å²) in [4.78, 5) is 2.29. The van der Waals surface area contributed by atoms with Gasteiger partial charge in [-0.15, -0.1) is 0 Å². The van der Waals surface area contributed by atoms with Crippen LogP contribution in [-0.4, -0.2) is 18.0 Å². The molecule has 0 bridgehead atoms. The van der Waals surface area contributed by atoms with Gasteiger partial charge in [-0.3, -0.25) is 0 Å². The van der Waals surface area contributed by atoms with Crippen molar-refractivity contribution < 1.29 is 0 Å². The van der Waals surface area contributed by atoms with Gasteiger partial charge >= 0.3 is 0 Å². The Labute approximate surface area is 113 Å². The lowest BCUT2D eigenvalue weighted by atomic mass is 10.1. The Morgan fingerprint density at radius 2 is 1.50 bits per heavy atom. The van der Waals surface area contributed by atoms with Crippen LogP contribution in [0.5, 0.6) is 0 Å². The average molecular weight is 245 g/mol. The van der Waals surface area contributed by atoms with E-state index in [4.69, 9.17) is 0 Å². The summed E-state index contributed by atoms with van der Waals surface area (Å²) in [5, 5.41) is 0. The molecule has 0 radical (unpaired) electrons. The molecule has 1 heteroatoms. The van der Waals surface area contributed by atoms with E-state index in [9.17, 15) is 0 Å². The Morgan fingerprint density at radius 3 is 2.06 bits per heavy atom. The van der Waals surface area contributed by atoms with E-state index in [-0.39, 0.29) is 0 Å². The highest BCUT2D eigenvalue weighted by Crippen LogP contribution is 2.23. The van der Waals surface area contributed by atoms with Gasteiger partial charge in [-0.2, -0.15) is 0 Å². The normalized spacial score (nSPS) is 16.9. The van der Waals surface area contributed by atoms with Crippen molar-refractivity contribution in [2.24, 2.45) is 0 Å². The number of hydrogen-bond donors (Lipinski definition) is 0. The Morgan fingerprint density at radius 1 is 0.944 bits per heavy atom. The van der Waals surface area contributed by atoms with Crippen molar-refractivity contribution in [3.63, 3.8) is 0 Å². The molecule has 0 spiro atoms. The molecule has 1 nitrogen and oxygen atoms in total. The maximum Gasteiger partial charge on any atom is 0.0444 e. The van der Waals surface area contributed by atoms with Crippen LogP contribution in [-0.2, 0) is 0 Å². The van der Waals surface area contributed by atoms with Crippen molar-refractivity contribution in [3.8, 4) is 0 Å². The van der Waals surface area contributed by atoms with Crippen molar-refractivity contribution in [2.75, 3.05) is 7.05 Å². The predicted octanol–water partition coefficient (Wildman–Crippen LogP) is 4.97. The quantitative estimate of drug-likeness (QED) is 0.675. The fraction of sp³-hybridized carbons (Fsp3) is 0.412. The molecule has 18 heavy (non-hydrogen) atoms. The van der Waals surface area contributed by atoms with E-state index in [1.165, 1.54) is 11.3 Å². The minimum absolute atomic E-state index is 0.482. The van der Waals surface area contributed by atoms with Crippen molar-refractivity contribution in [3.05, 3.63) is 54.1 Å². The molecule has 1 aliphatic rings. The molecule has 0 saturated heterocycles. The van der Waals surface area contributed by atoms with Gasteiger partial charge in [0.25, 0.3) is 0 Å². The van der Waals surface area contributed by atoms with Gasteiger partial charge in [0.15, 0.2) is 0 Å². The SMILES string of the molecule is CC.CC.CC1C=CC=C(c2ccccc2)N1C. The maximum atomic E-state index is 2.29. The Balaban J connectivity index is 0.000000659. The lowest BCUT2D eigenvalue weighted by molar-refractivity contribution is 0.425. The minimum atomic E-state index is 0.482. The van der Waals surface area contributed by atoms with Gasteiger partial charge < -0.3 is 4.90 Å². The van der Waals surface area contributed by atoms with Gasteiger partial charge in [0.05, 0.1) is 0 Å². The first kappa shape index (κ1) is 16.5. The van der Waals surface area contributed by atoms with Crippen LogP contribution in [0.2, 0.25) is 0 Å². The van der Waals surface area contributed by atoms with Crippen LogP contribution in [0.1, 0.15) is 40.2 Å². The summed E-state index contributed by atoms with van der Waals surface area (Å²) < 4.78 is 0. The minimum Gasteiger partial charge on any atom is -0.368 e. The molecule has 1 unspecified atom stereocenters. The topological polar surface area (TPSA) is 3.24 Å². The van der Waals surface area contributed by atoms with Gasteiger partial charge in [0.1, 0.15) is 0 Å². The molecule has 0 saturated carbocycles. The molecule has 0 aromatic heterocycles. The lowest BCUT2D eigenvalue weighted by Crippen LogP contribution is -2.27. The number of allylic oxidation sites excluding steroid dienone is 2. The van der Waals surface area contributed by atoms with Crippen LogP contribution in [0.15, 0.2) is 48.6 Å². The summed E-state index contributed by atoms with van der Waals surface area (Å²) in [7, 11) is 2.13. The summed E-state index contributed by atoms with van der Waals surface area (Å²) in [6.07, 6.45) is 6.49. The van der Waals surface area contributed by atoms with Crippen molar-refractivity contribution in [1.29, 1.82) is 0 Å². The zero-order valence-electron chi connectivity index (χ0n) is 12.6. The van der Waals surface area contributed by atoms with Crippen LogP contribution in [0.25, 0.3) is 5.70 Å². The van der Waals surface area contributed by atoms with E-state index < -0.39 is 0 Å². The predicted molar refractivity (Wildman–Crippen MR) is 83.5 cm³/mol. The first-order valence-electron chi connectivity index (χ1n) is 6.96. The lowest BCUT2D eigenvalue weighted by Gasteiger charge is -2.29. The van der Waals surface area contributed by atoms with Gasteiger partial charge in [-0.1, -0.05) is 70.2 Å². The van der Waals surface area contributed by atoms with Gasteiger partial charge in [0, 0.05) is 18.8 Å². The smallest absolute Gasteiger partial charge is 0.0444 e. The van der Waals surface area contributed by atoms with Gasteiger partial charge in [-0.25, -0.2) is 0 Å². The first-order chi connectivity index (χ1) is 8.79. The van der Waals surface area contributed by atoms with Crippen LogP contribution in [0, 0.1) is 0 Å². The second-order valence-electron chi connectivity index (χ2n) is 3.65. The third kappa shape index (κ3) is 4.40. The van der Waals surface area contributed by atoms with Gasteiger partial charge in [0.2, 0.25) is 0 Å². The number of nitrogens with zero attached hydrogens (tertiary/aromatic N) is 1.